The van der Waals surface area contributed by atoms with E-state index in [9.17, 15) is 5.53 Å². The van der Waals surface area contributed by atoms with Crippen LogP contribution in [0.4, 0.5) is 0 Å². The summed E-state index contributed by atoms with van der Waals surface area (Å²) in [6, 6.07) is 13.1. The van der Waals surface area contributed by atoms with Crippen molar-refractivity contribution >= 4 is 23.2 Å². The molecule has 1 fully saturated rings. The van der Waals surface area contributed by atoms with Crippen LogP contribution in [0.3, 0.4) is 0 Å². The molecule has 3 atom stereocenters. The van der Waals surface area contributed by atoms with Crippen molar-refractivity contribution in [3.8, 4) is 11.1 Å². The van der Waals surface area contributed by atoms with Crippen molar-refractivity contribution in [2.75, 3.05) is 13.2 Å². The highest BCUT2D eigenvalue weighted by atomic mass is 35.5. The lowest BCUT2D eigenvalue weighted by Gasteiger charge is -2.29. The fraction of sp³-hybridized carbons (Fsp3) is 0.500. The zero-order valence-electron chi connectivity index (χ0n) is 18.6. The summed E-state index contributed by atoms with van der Waals surface area (Å²) in [4.78, 5) is 3.09. The second kappa shape index (κ2) is 11.4. The van der Waals surface area contributed by atoms with Crippen molar-refractivity contribution < 1.29 is 14.2 Å². The second-order valence-corrected chi connectivity index (χ2v) is 9.26. The monoisotopic (exact) mass is 477 g/mol. The fourth-order valence-electron chi connectivity index (χ4n) is 3.79. The lowest BCUT2D eigenvalue weighted by molar-refractivity contribution is -0.158. The summed E-state index contributed by atoms with van der Waals surface area (Å²) in [7, 11) is 0. The molecule has 2 aromatic rings. The third-order valence-corrected chi connectivity index (χ3v) is 5.82. The zero-order chi connectivity index (χ0) is 23.1. The number of unbranched alkanes of at least 4 members (excludes halogenated alkanes) is 1. The smallest absolute Gasteiger partial charge is 0.163 e. The van der Waals surface area contributed by atoms with Gasteiger partial charge >= 0.3 is 0 Å². The van der Waals surface area contributed by atoms with Gasteiger partial charge in [0.25, 0.3) is 0 Å². The molecule has 1 saturated heterocycles. The molecule has 0 amide bonds. The molecule has 0 unspecified atom stereocenters. The first kappa shape index (κ1) is 24.8. The molecule has 32 heavy (non-hydrogen) atoms. The minimum absolute atomic E-state index is 0.301. The van der Waals surface area contributed by atoms with Gasteiger partial charge < -0.3 is 14.2 Å². The molecule has 0 aliphatic carbocycles. The number of hydrogen-bond acceptors (Lipinski definition) is 4. The molecule has 0 saturated carbocycles. The predicted molar refractivity (Wildman–Crippen MR) is 128 cm³/mol. The first-order valence-electron chi connectivity index (χ1n) is 10.8. The van der Waals surface area contributed by atoms with Crippen LogP contribution in [-0.2, 0) is 20.6 Å². The Balaban J connectivity index is 1.79. The molecule has 1 aliphatic rings. The number of azide groups is 1. The number of benzene rings is 2. The summed E-state index contributed by atoms with van der Waals surface area (Å²) < 4.78 is 18.0. The molecule has 0 spiro atoms. The molecular formula is C24H29Cl2N3O3. The van der Waals surface area contributed by atoms with Gasteiger partial charge in [0.05, 0.1) is 18.8 Å². The van der Waals surface area contributed by atoms with Gasteiger partial charge in [0.2, 0.25) is 0 Å². The Morgan fingerprint density at radius 1 is 1.16 bits per heavy atom. The number of halogens is 2. The van der Waals surface area contributed by atoms with Crippen LogP contribution >= 0.6 is 23.2 Å². The summed E-state index contributed by atoms with van der Waals surface area (Å²) in [6.45, 7) is 6.83. The molecule has 1 aliphatic heterocycles. The van der Waals surface area contributed by atoms with Gasteiger partial charge in [-0.1, -0.05) is 65.9 Å². The Bertz CT molecular complexity index is 926. The molecule has 1 heterocycles. The molecule has 2 aromatic carbocycles. The van der Waals surface area contributed by atoms with E-state index in [-0.39, 0.29) is 6.10 Å². The maximum absolute atomic E-state index is 9.23. The molecule has 6 nitrogen and oxygen atoms in total. The van der Waals surface area contributed by atoms with Crippen molar-refractivity contribution in [2.45, 2.75) is 64.1 Å². The van der Waals surface area contributed by atoms with Gasteiger partial charge in [0, 0.05) is 21.6 Å². The highest BCUT2D eigenvalue weighted by Crippen LogP contribution is 2.30. The molecule has 0 N–H and O–H groups in total. The Morgan fingerprint density at radius 2 is 1.84 bits per heavy atom. The second-order valence-electron chi connectivity index (χ2n) is 8.39. The predicted octanol–water partition coefficient (Wildman–Crippen LogP) is 7.22. The fourth-order valence-corrected chi connectivity index (χ4v) is 4.32. The summed E-state index contributed by atoms with van der Waals surface area (Å²) >= 11 is 12.3. The van der Waals surface area contributed by atoms with Crippen molar-refractivity contribution in [1.29, 1.82) is 0 Å². The van der Waals surface area contributed by atoms with E-state index in [1.807, 2.05) is 50.2 Å². The first-order valence-corrected chi connectivity index (χ1v) is 11.6. The largest absolute Gasteiger partial charge is 0.375 e. The highest BCUT2D eigenvalue weighted by Gasteiger charge is 2.41. The van der Waals surface area contributed by atoms with E-state index in [2.05, 4.69) is 16.9 Å². The Labute approximate surface area is 199 Å². The lowest BCUT2D eigenvalue weighted by Crippen LogP contribution is -2.42. The van der Waals surface area contributed by atoms with Gasteiger partial charge in [-0.15, -0.1) is 0 Å². The van der Waals surface area contributed by atoms with Crippen LogP contribution in [-0.4, -0.2) is 37.3 Å². The molecular weight excluding hydrogens is 449 g/mol. The van der Waals surface area contributed by atoms with Crippen molar-refractivity contribution in [3.63, 3.8) is 0 Å². The average Bonchev–Trinajstić information content (AvgIpc) is 3.10. The number of nitrogens with zero attached hydrogens (tertiary/aromatic N) is 3. The molecule has 0 radical (unpaired) electrons. The van der Waals surface area contributed by atoms with Crippen molar-refractivity contribution in [2.24, 2.45) is 5.11 Å². The van der Waals surface area contributed by atoms with Crippen LogP contribution in [0.2, 0.25) is 10.0 Å². The van der Waals surface area contributed by atoms with E-state index >= 15 is 0 Å². The van der Waals surface area contributed by atoms with Crippen molar-refractivity contribution in [1.82, 2.24) is 0 Å². The van der Waals surface area contributed by atoms with E-state index in [0.717, 1.165) is 29.5 Å². The Hall–Kier alpha value is -1.79. The van der Waals surface area contributed by atoms with Crippen LogP contribution < -0.4 is 0 Å². The lowest BCUT2D eigenvalue weighted by atomic mass is 9.96. The van der Waals surface area contributed by atoms with Crippen LogP contribution in [0.5, 0.6) is 0 Å². The number of rotatable bonds is 10. The van der Waals surface area contributed by atoms with Crippen LogP contribution in [0.15, 0.2) is 47.6 Å². The van der Waals surface area contributed by atoms with Crippen LogP contribution in [0.25, 0.3) is 21.6 Å². The maximum atomic E-state index is 9.23. The van der Waals surface area contributed by atoms with E-state index in [1.54, 1.807) is 6.07 Å². The van der Waals surface area contributed by atoms with Gasteiger partial charge in [-0.2, -0.15) is 0 Å². The van der Waals surface area contributed by atoms with Crippen LogP contribution in [0.1, 0.15) is 39.2 Å². The minimum atomic E-state index is -0.683. The van der Waals surface area contributed by atoms with Gasteiger partial charge in [-0.3, -0.25) is 0 Å². The van der Waals surface area contributed by atoms with E-state index in [0.29, 0.717) is 29.7 Å². The highest BCUT2D eigenvalue weighted by molar-refractivity contribution is 6.35. The normalized spacial score (nSPS) is 19.3. The summed E-state index contributed by atoms with van der Waals surface area (Å²) in [6.07, 6.45) is 1.77. The third kappa shape index (κ3) is 6.85. The van der Waals surface area contributed by atoms with Gasteiger partial charge in [0.1, 0.15) is 6.10 Å². The summed E-state index contributed by atoms with van der Waals surface area (Å²) in [5.74, 6) is -0.683. The number of ether oxygens (including phenoxy) is 3. The van der Waals surface area contributed by atoms with Crippen LogP contribution in [0, 0.1) is 0 Å². The van der Waals surface area contributed by atoms with E-state index in [4.69, 9.17) is 37.4 Å². The third-order valence-electron chi connectivity index (χ3n) is 5.38. The quantitative estimate of drug-likeness (QED) is 0.157. The standard InChI is InChI=1S/C24H29Cl2N3O3/c1-4-5-10-30-23(22-15-31-24(2,3)32-22)21(28-29-27)11-16-6-8-17(9-7-16)18-12-19(25)14-20(26)13-18/h6-9,12-14,21-23H,4-5,10-11,15H2,1-3H3/t21-,22+,23-/m1/s1. The van der Waals surface area contributed by atoms with Gasteiger partial charge in [-0.05, 0) is 67.1 Å². The number of hydrogen-bond donors (Lipinski definition) is 0. The molecule has 0 aromatic heterocycles. The minimum Gasteiger partial charge on any atom is -0.375 e. The van der Waals surface area contributed by atoms with Gasteiger partial charge in [-0.25, -0.2) is 0 Å². The zero-order valence-corrected chi connectivity index (χ0v) is 20.1. The summed E-state index contributed by atoms with van der Waals surface area (Å²) in [5, 5.41) is 5.26. The van der Waals surface area contributed by atoms with Crippen molar-refractivity contribution in [3.05, 3.63) is 68.5 Å². The topological polar surface area (TPSA) is 76.5 Å². The van der Waals surface area contributed by atoms with Gasteiger partial charge in [0.15, 0.2) is 5.79 Å². The molecule has 3 rings (SSSR count). The Kier molecular flexibility index (Phi) is 8.83. The maximum Gasteiger partial charge on any atom is 0.163 e. The van der Waals surface area contributed by atoms with E-state index in [1.165, 1.54) is 0 Å². The molecule has 172 valence electrons. The molecule has 0 bridgehead atoms. The SMILES string of the molecule is CCCCO[C@@H]([C@@H]1COC(C)(C)O1)[C@@H](Cc1ccc(-c2cc(Cl)cc(Cl)c2)cc1)N=[N+]=[N-]. The average molecular weight is 478 g/mol. The first-order chi connectivity index (χ1) is 15.3. The molecule has 8 heteroatoms. The summed E-state index contributed by atoms with van der Waals surface area (Å²) in [5.41, 5.74) is 12.2. The van der Waals surface area contributed by atoms with E-state index < -0.39 is 17.9 Å². The Morgan fingerprint density at radius 3 is 2.41 bits per heavy atom.